The molecule has 0 spiro atoms. The summed E-state index contributed by atoms with van der Waals surface area (Å²) in [6.45, 7) is -0.147. The van der Waals surface area contributed by atoms with Crippen molar-refractivity contribution in [2.45, 2.75) is 12.9 Å². The molecule has 1 aliphatic heterocycles. The Balaban J connectivity index is 1.74. The summed E-state index contributed by atoms with van der Waals surface area (Å²) in [5.41, 5.74) is 0.626. The molecule has 3 aromatic rings. The molecule has 0 radical (unpaired) electrons. The predicted octanol–water partition coefficient (Wildman–Crippen LogP) is 4.13. The average Bonchev–Trinajstić information content (AvgIpc) is 3.18. The molecule has 0 saturated heterocycles. The van der Waals surface area contributed by atoms with Gasteiger partial charge >= 0.3 is 12.4 Å². The number of nitrogens with zero attached hydrogens (tertiary/aromatic N) is 4. The van der Waals surface area contributed by atoms with E-state index in [9.17, 15) is 23.2 Å². The highest BCUT2D eigenvalue weighted by Gasteiger charge is 2.42. The van der Waals surface area contributed by atoms with Crippen molar-refractivity contribution in [2.75, 3.05) is 40.1 Å². The van der Waals surface area contributed by atoms with Crippen LogP contribution >= 0.6 is 11.6 Å². The van der Waals surface area contributed by atoms with E-state index in [1.165, 1.54) is 28.6 Å². The average molecular weight is 557 g/mol. The Kier molecular flexibility index (Phi) is 8.13. The van der Waals surface area contributed by atoms with E-state index >= 15 is 0 Å². The second-order valence-corrected chi connectivity index (χ2v) is 8.99. The third kappa shape index (κ3) is 6.55. The first-order valence-corrected chi connectivity index (χ1v) is 11.8. The molecule has 1 amide bonds. The number of benzene rings is 2. The number of amides is 1. The molecule has 2 aromatic carbocycles. The molecule has 1 unspecified atom stereocenters. The fourth-order valence-electron chi connectivity index (χ4n) is 3.96. The summed E-state index contributed by atoms with van der Waals surface area (Å²) in [4.78, 5) is 19.1. The molecule has 0 bridgehead atoms. The Morgan fingerprint density at radius 3 is 2.61 bits per heavy atom. The molecule has 1 aliphatic rings. The van der Waals surface area contributed by atoms with Gasteiger partial charge in [0.2, 0.25) is 0 Å². The molecule has 14 heteroatoms. The van der Waals surface area contributed by atoms with Crippen LogP contribution in [-0.4, -0.2) is 71.9 Å². The van der Waals surface area contributed by atoms with Crippen LogP contribution in [0.1, 0.15) is 16.1 Å². The molecule has 1 aromatic heterocycles. The quantitative estimate of drug-likeness (QED) is 0.227. The van der Waals surface area contributed by atoms with Gasteiger partial charge in [0.25, 0.3) is 11.7 Å². The molecule has 0 fully saturated rings. The normalized spacial score (nSPS) is 17.4. The van der Waals surface area contributed by atoms with Gasteiger partial charge in [-0.05, 0) is 29.8 Å². The molecule has 38 heavy (non-hydrogen) atoms. The van der Waals surface area contributed by atoms with E-state index in [0.717, 1.165) is 12.1 Å². The maximum atomic E-state index is 13.5. The number of imidazole rings is 1. The number of quaternary nitrogens is 1. The van der Waals surface area contributed by atoms with Crippen LogP contribution in [0, 0.1) is 5.21 Å². The lowest BCUT2D eigenvalue weighted by Crippen LogP contribution is -2.56. The molecule has 10 nitrogen and oxygen atoms in total. The van der Waals surface area contributed by atoms with E-state index in [4.69, 9.17) is 26.2 Å². The van der Waals surface area contributed by atoms with E-state index < -0.39 is 22.7 Å². The number of carbonyl (C=O) groups excluding carboxylic acids is 1. The minimum Gasteiger partial charge on any atom is -0.625 e. The lowest BCUT2D eigenvalue weighted by Gasteiger charge is -2.43. The van der Waals surface area contributed by atoms with Gasteiger partial charge in [-0.3, -0.25) is 18.9 Å². The summed E-state index contributed by atoms with van der Waals surface area (Å²) in [5, 5.41) is 22.8. The van der Waals surface area contributed by atoms with Gasteiger partial charge in [-0.1, -0.05) is 29.8 Å². The van der Waals surface area contributed by atoms with Crippen LogP contribution < -0.4 is 14.1 Å². The van der Waals surface area contributed by atoms with E-state index in [-0.39, 0.29) is 62.9 Å². The Bertz CT molecular complexity index is 1300. The Morgan fingerprint density at radius 1 is 1.16 bits per heavy atom. The Labute approximate surface area is 220 Å². The largest absolute Gasteiger partial charge is 0.625 e. The monoisotopic (exact) mass is 556 g/mol. The van der Waals surface area contributed by atoms with Crippen LogP contribution in [0.2, 0.25) is 5.02 Å². The number of ether oxygens (including phenoxy) is 3. The van der Waals surface area contributed by atoms with Crippen LogP contribution in [0.3, 0.4) is 0 Å². The van der Waals surface area contributed by atoms with Crippen molar-refractivity contribution in [1.82, 2.24) is 19.1 Å². The van der Waals surface area contributed by atoms with E-state index in [1.807, 2.05) is 0 Å². The zero-order valence-corrected chi connectivity index (χ0v) is 20.9. The minimum absolute atomic E-state index is 0.0254. The van der Waals surface area contributed by atoms with Gasteiger partial charge in [0.1, 0.15) is 11.5 Å². The lowest BCUT2D eigenvalue weighted by atomic mass is 10.2. The van der Waals surface area contributed by atoms with Crippen molar-refractivity contribution in [3.8, 4) is 17.5 Å². The molecular formula is C24H24ClF3N4O6. The first kappa shape index (κ1) is 27.7. The van der Waals surface area contributed by atoms with Gasteiger partial charge in [-0.15, -0.1) is 18.2 Å². The molecule has 204 valence electrons. The van der Waals surface area contributed by atoms with Crippen LogP contribution in [-0.2, 0) is 11.3 Å². The van der Waals surface area contributed by atoms with Crippen LogP contribution in [0.15, 0.2) is 48.5 Å². The summed E-state index contributed by atoms with van der Waals surface area (Å²) in [6, 6.07) is 11.4. The number of aliphatic hydroxyl groups is 1. The maximum Gasteiger partial charge on any atom is 0.573 e. The fourth-order valence-corrected chi connectivity index (χ4v) is 4.18. The lowest BCUT2D eigenvalue weighted by molar-refractivity contribution is -0.274. The minimum atomic E-state index is -4.90. The molecule has 1 N–H and O–H groups in total. The third-order valence-electron chi connectivity index (χ3n) is 5.51. The number of rotatable bonds is 10. The number of alkyl halides is 3. The van der Waals surface area contributed by atoms with Crippen molar-refractivity contribution in [3.05, 3.63) is 70.0 Å². The van der Waals surface area contributed by atoms with E-state index in [0.29, 0.717) is 10.6 Å². The zero-order valence-electron chi connectivity index (χ0n) is 20.2. The Morgan fingerprint density at radius 2 is 1.89 bits per heavy atom. The first-order valence-electron chi connectivity index (χ1n) is 11.4. The maximum absolute atomic E-state index is 13.5. The van der Waals surface area contributed by atoms with Crippen molar-refractivity contribution in [3.63, 3.8) is 0 Å². The predicted molar refractivity (Wildman–Crippen MR) is 131 cm³/mol. The van der Waals surface area contributed by atoms with Crippen LogP contribution in [0.25, 0.3) is 0 Å². The first-order chi connectivity index (χ1) is 18.0. The van der Waals surface area contributed by atoms with Gasteiger partial charge in [0, 0.05) is 17.6 Å². The fraction of sp³-hybridized carbons (Fsp3) is 0.333. The summed E-state index contributed by atoms with van der Waals surface area (Å²) in [6.07, 6.45) is -4.90. The van der Waals surface area contributed by atoms with Gasteiger partial charge < -0.3 is 24.5 Å². The smallest absolute Gasteiger partial charge is 0.573 e. The summed E-state index contributed by atoms with van der Waals surface area (Å²) < 4.78 is 53.5. The van der Waals surface area contributed by atoms with E-state index in [2.05, 4.69) is 9.72 Å². The topological polar surface area (TPSA) is 109 Å². The van der Waals surface area contributed by atoms with Gasteiger partial charge in [-0.2, -0.15) is 0 Å². The van der Waals surface area contributed by atoms with Crippen LogP contribution in [0.5, 0.6) is 17.5 Å². The highest BCUT2D eigenvalue weighted by molar-refractivity contribution is 6.30. The van der Waals surface area contributed by atoms with Gasteiger partial charge in [0.15, 0.2) is 12.4 Å². The number of aromatic nitrogens is 2. The van der Waals surface area contributed by atoms with Crippen molar-refractivity contribution < 1.29 is 37.3 Å². The number of carbonyl (C=O) groups is 1. The van der Waals surface area contributed by atoms with Crippen molar-refractivity contribution in [1.29, 1.82) is 0 Å². The molecular weight excluding hydrogens is 533 g/mol. The molecule has 0 aliphatic carbocycles. The second-order valence-electron chi connectivity index (χ2n) is 8.55. The second kappa shape index (κ2) is 11.2. The van der Waals surface area contributed by atoms with Gasteiger partial charge in [0.05, 0.1) is 33.4 Å². The Hall–Kier alpha value is -3.36. The number of halogens is 4. The molecule has 1 atom stereocenters. The van der Waals surface area contributed by atoms with Crippen molar-refractivity contribution in [2.24, 2.45) is 0 Å². The van der Waals surface area contributed by atoms with E-state index in [1.54, 1.807) is 24.3 Å². The zero-order chi connectivity index (χ0) is 27.5. The number of fused-ring (bicyclic) bond motifs is 1. The highest BCUT2D eigenvalue weighted by Crippen LogP contribution is 2.37. The van der Waals surface area contributed by atoms with Crippen LogP contribution in [0.4, 0.5) is 19.0 Å². The third-order valence-corrected chi connectivity index (χ3v) is 5.75. The standard InChI is InChI=1S/C24H24ClF3N4O6/c1-32(35)15-30(8-10-36-11-9-33)22(34)20-21(32)29-23(31(20)14-16-4-2-5-17(25)12-16)37-18-6-3-7-19(13-18)38-24(26,27)28/h2-7,12-13,33H,8-11,14-15H2,1H3. The molecule has 4 rings (SSSR count). The SMILES string of the molecule is C[N+]1([O-])CN(CCOCCO)C(=O)c2c1nc(Oc1cccc(OC(F)(F)F)c1)n2Cc1cccc(Cl)c1. The summed E-state index contributed by atoms with van der Waals surface area (Å²) >= 11 is 6.13. The highest BCUT2D eigenvalue weighted by atomic mass is 35.5. The number of hydrogen-bond acceptors (Lipinski definition) is 7. The summed E-state index contributed by atoms with van der Waals surface area (Å²) in [5.74, 6) is -1.18. The number of hydrogen-bond donors (Lipinski definition) is 1. The summed E-state index contributed by atoms with van der Waals surface area (Å²) in [7, 11) is 1.32. The molecule has 0 saturated carbocycles. The number of hydroxylamine groups is 2. The number of aliphatic hydroxyl groups excluding tert-OH is 1. The molecule has 2 heterocycles. The van der Waals surface area contributed by atoms with Crippen molar-refractivity contribution >= 4 is 23.3 Å². The van der Waals surface area contributed by atoms with Gasteiger partial charge in [-0.25, -0.2) is 0 Å².